The van der Waals surface area contributed by atoms with Gasteiger partial charge >= 0.3 is 0 Å². The van der Waals surface area contributed by atoms with Crippen LogP contribution < -0.4 is 10.6 Å². The molecule has 2 saturated carbocycles. The van der Waals surface area contributed by atoms with Gasteiger partial charge in [0.25, 0.3) is 0 Å². The molecule has 2 aliphatic carbocycles. The summed E-state index contributed by atoms with van der Waals surface area (Å²) in [7, 11) is 4.40. The number of nitrogens with one attached hydrogen (secondary N) is 2. The predicted octanol–water partition coefficient (Wildman–Crippen LogP) is 2.41. The van der Waals surface area contributed by atoms with Crippen molar-refractivity contribution >= 4 is 17.6 Å². The molecule has 6 heteroatoms. The summed E-state index contributed by atoms with van der Waals surface area (Å²) >= 11 is 2.12. The van der Waals surface area contributed by atoms with Crippen LogP contribution in [0.25, 0.3) is 0 Å². The number of nitrogens with zero attached hydrogens (tertiary/aromatic N) is 3. The Kier molecular flexibility index (Phi) is 5.26. The van der Waals surface area contributed by atoms with E-state index in [-0.39, 0.29) is 0 Å². The van der Waals surface area contributed by atoms with E-state index in [1.165, 1.54) is 44.4 Å². The van der Waals surface area contributed by atoms with E-state index in [0.717, 1.165) is 18.0 Å². The number of nitriles is 1. The minimum atomic E-state index is 0.483. The van der Waals surface area contributed by atoms with Gasteiger partial charge in [0.05, 0.1) is 18.1 Å². The van der Waals surface area contributed by atoms with Crippen molar-refractivity contribution in [3.8, 4) is 6.07 Å². The van der Waals surface area contributed by atoms with Crippen molar-refractivity contribution in [2.75, 3.05) is 20.8 Å². The average molecular weight is 362 g/mol. The molecule has 0 aromatic heterocycles. The molecule has 1 saturated heterocycles. The summed E-state index contributed by atoms with van der Waals surface area (Å²) in [5, 5.41) is 17.9. The van der Waals surface area contributed by atoms with Gasteiger partial charge in [-0.1, -0.05) is 0 Å². The fourth-order valence-electron chi connectivity index (χ4n) is 5.49. The van der Waals surface area contributed by atoms with Crippen LogP contribution in [0.4, 0.5) is 0 Å². The Morgan fingerprint density at radius 3 is 2.76 bits per heavy atom. The maximum Gasteiger partial charge on any atom is 0.104 e. The van der Waals surface area contributed by atoms with Gasteiger partial charge in [-0.2, -0.15) is 5.26 Å². The minimum Gasteiger partial charge on any atom is -0.371 e. The highest BCUT2D eigenvalue weighted by Crippen LogP contribution is 2.54. The molecule has 4 unspecified atom stereocenters. The highest BCUT2D eigenvalue weighted by molar-refractivity contribution is 8.00. The number of rotatable bonds is 3. The summed E-state index contributed by atoms with van der Waals surface area (Å²) in [6.45, 7) is 0.742. The van der Waals surface area contributed by atoms with Crippen LogP contribution in [0.3, 0.4) is 0 Å². The molecule has 2 heterocycles. The molecule has 2 aliphatic heterocycles. The highest BCUT2D eigenvalue weighted by Gasteiger charge is 2.53. The maximum absolute atomic E-state index is 9.22. The van der Waals surface area contributed by atoms with E-state index < -0.39 is 0 Å². The second-order valence-corrected chi connectivity index (χ2v) is 9.80. The van der Waals surface area contributed by atoms with Gasteiger partial charge in [-0.05, 0) is 64.5 Å². The van der Waals surface area contributed by atoms with Crippen LogP contribution in [-0.2, 0) is 0 Å². The van der Waals surface area contributed by atoms with E-state index in [4.69, 9.17) is 4.99 Å². The van der Waals surface area contributed by atoms with E-state index >= 15 is 0 Å². The third-order valence-corrected chi connectivity index (χ3v) is 8.50. The SMILES string of the molecule is CN(C)[C@H]1CC[C@H](NC2=NCNC3SC4CCC(CC#N)[C@H]4C23)CC1. The molecule has 0 bridgehead atoms. The Morgan fingerprint density at radius 1 is 1.24 bits per heavy atom. The molecular formula is C19H31N5S. The molecule has 0 amide bonds. The van der Waals surface area contributed by atoms with Crippen molar-refractivity contribution < 1.29 is 0 Å². The van der Waals surface area contributed by atoms with Crippen molar-refractivity contribution in [3.63, 3.8) is 0 Å². The van der Waals surface area contributed by atoms with Crippen molar-refractivity contribution in [2.24, 2.45) is 22.7 Å². The summed E-state index contributed by atoms with van der Waals surface area (Å²) in [6, 6.07) is 3.75. The molecule has 3 fully saturated rings. The van der Waals surface area contributed by atoms with Gasteiger partial charge in [0.1, 0.15) is 5.84 Å². The number of hydrogen-bond donors (Lipinski definition) is 2. The smallest absolute Gasteiger partial charge is 0.104 e. The first-order valence-corrected chi connectivity index (χ1v) is 10.8. The first-order valence-electron chi connectivity index (χ1n) is 9.90. The Balaban J connectivity index is 1.43. The Hall–Kier alpha value is -0.770. The second kappa shape index (κ2) is 7.46. The number of fused-ring (bicyclic) bond motifs is 3. The summed E-state index contributed by atoms with van der Waals surface area (Å²) in [5.41, 5.74) is 0. The zero-order chi connectivity index (χ0) is 17.4. The Bertz CT molecular complexity index is 549. The zero-order valence-corrected chi connectivity index (χ0v) is 16.3. The van der Waals surface area contributed by atoms with Gasteiger partial charge in [-0.3, -0.25) is 10.3 Å². The van der Waals surface area contributed by atoms with E-state index in [2.05, 4.69) is 47.5 Å². The summed E-state index contributed by atoms with van der Waals surface area (Å²) in [6.07, 6.45) is 8.26. The maximum atomic E-state index is 9.22. The second-order valence-electron chi connectivity index (χ2n) is 8.42. The lowest BCUT2D eigenvalue weighted by atomic mass is 9.80. The van der Waals surface area contributed by atoms with Gasteiger partial charge in [0.15, 0.2) is 0 Å². The molecule has 4 rings (SSSR count). The number of thioether (sulfide) groups is 1. The summed E-state index contributed by atoms with van der Waals surface area (Å²) in [4.78, 5) is 7.24. The normalized spacial score (nSPS) is 43.3. The van der Waals surface area contributed by atoms with Gasteiger partial charge in [0, 0.05) is 29.7 Å². The third-order valence-electron chi connectivity index (χ3n) is 6.85. The Morgan fingerprint density at radius 2 is 2.04 bits per heavy atom. The van der Waals surface area contributed by atoms with Crippen LogP contribution in [0, 0.1) is 29.1 Å². The lowest BCUT2D eigenvalue weighted by molar-refractivity contribution is 0.209. The fourth-order valence-corrected chi connectivity index (χ4v) is 7.37. The monoisotopic (exact) mass is 361 g/mol. The standard InChI is InChI=1S/C19H31N5S/c1-24(2)14-6-4-13(5-7-14)23-18-17-16-12(9-10-20)3-8-15(16)25-19(17)22-11-21-18/h12-17,19,22H,3-9,11H2,1-2H3,(H,21,23)/t12?,13-,14-,15?,16-,17?,19?/m1/s1. The molecule has 4 aliphatic rings. The van der Waals surface area contributed by atoms with Crippen LogP contribution in [0.2, 0.25) is 0 Å². The molecule has 5 nitrogen and oxygen atoms in total. The fraction of sp³-hybridized carbons (Fsp3) is 0.895. The summed E-state index contributed by atoms with van der Waals surface area (Å²) in [5.74, 6) is 2.93. The first-order chi connectivity index (χ1) is 12.2. The predicted molar refractivity (Wildman–Crippen MR) is 103 cm³/mol. The molecule has 0 spiro atoms. The highest BCUT2D eigenvalue weighted by atomic mass is 32.2. The van der Waals surface area contributed by atoms with Crippen LogP contribution in [0.5, 0.6) is 0 Å². The topological polar surface area (TPSA) is 63.4 Å². The van der Waals surface area contributed by atoms with Crippen molar-refractivity contribution in [1.82, 2.24) is 15.5 Å². The van der Waals surface area contributed by atoms with Crippen LogP contribution in [-0.4, -0.2) is 54.2 Å². The van der Waals surface area contributed by atoms with Crippen molar-refractivity contribution in [1.29, 1.82) is 5.26 Å². The van der Waals surface area contributed by atoms with Gasteiger partial charge in [0.2, 0.25) is 0 Å². The molecular weight excluding hydrogens is 330 g/mol. The lowest BCUT2D eigenvalue weighted by Crippen LogP contribution is -2.52. The van der Waals surface area contributed by atoms with Gasteiger partial charge in [-0.15, -0.1) is 11.8 Å². The molecule has 138 valence electrons. The lowest BCUT2D eigenvalue weighted by Gasteiger charge is -2.37. The average Bonchev–Trinajstić information content (AvgIpc) is 3.16. The number of aliphatic imine (C=N–C) groups is 1. The van der Waals surface area contributed by atoms with Gasteiger partial charge in [-0.25, -0.2) is 0 Å². The van der Waals surface area contributed by atoms with E-state index in [9.17, 15) is 5.26 Å². The minimum absolute atomic E-state index is 0.483. The third kappa shape index (κ3) is 3.43. The molecule has 0 aromatic carbocycles. The largest absolute Gasteiger partial charge is 0.371 e. The molecule has 0 aromatic rings. The van der Waals surface area contributed by atoms with E-state index in [1.807, 2.05) is 0 Å². The van der Waals surface area contributed by atoms with Crippen molar-refractivity contribution in [2.45, 2.75) is 67.7 Å². The summed E-state index contributed by atoms with van der Waals surface area (Å²) < 4.78 is 0. The van der Waals surface area contributed by atoms with Crippen LogP contribution in [0.15, 0.2) is 4.99 Å². The quantitative estimate of drug-likeness (QED) is 0.808. The number of amidine groups is 1. The molecule has 0 radical (unpaired) electrons. The van der Waals surface area contributed by atoms with Crippen molar-refractivity contribution in [3.05, 3.63) is 0 Å². The van der Waals surface area contributed by atoms with Crippen LogP contribution in [0.1, 0.15) is 44.9 Å². The Labute approximate surface area is 156 Å². The first kappa shape index (κ1) is 17.6. The molecule has 5 atom stereocenters. The molecule has 2 N–H and O–H groups in total. The van der Waals surface area contributed by atoms with E-state index in [1.54, 1.807) is 0 Å². The molecule has 25 heavy (non-hydrogen) atoms. The number of hydrogen-bond acceptors (Lipinski definition) is 6. The zero-order valence-electron chi connectivity index (χ0n) is 15.4. The van der Waals surface area contributed by atoms with Gasteiger partial charge < -0.3 is 10.2 Å². The van der Waals surface area contributed by atoms with E-state index in [0.29, 0.717) is 35.6 Å². The van der Waals surface area contributed by atoms with Crippen LogP contribution >= 0.6 is 11.8 Å².